The second kappa shape index (κ2) is 7.04. The van der Waals surface area contributed by atoms with Crippen LogP contribution < -0.4 is 16.3 Å². The summed E-state index contributed by atoms with van der Waals surface area (Å²) in [5.74, 6) is -2.38. The zero-order chi connectivity index (χ0) is 19.7. The highest BCUT2D eigenvalue weighted by Crippen LogP contribution is 2.33. The molecule has 2 amide bonds. The number of nitrogens with one attached hydrogen (secondary N) is 2. The monoisotopic (exact) mass is 388 g/mol. The number of pyridine rings is 1. The van der Waals surface area contributed by atoms with Gasteiger partial charge in [-0.1, -0.05) is 17.7 Å². The Morgan fingerprint density at radius 1 is 1.26 bits per heavy atom. The third kappa shape index (κ3) is 3.58. The summed E-state index contributed by atoms with van der Waals surface area (Å²) < 4.78 is 1.34. The number of amides is 2. The van der Waals surface area contributed by atoms with Crippen LogP contribution >= 0.6 is 11.6 Å². The molecule has 1 aromatic carbocycles. The van der Waals surface area contributed by atoms with Crippen molar-refractivity contribution in [2.45, 2.75) is 6.42 Å². The van der Waals surface area contributed by atoms with Crippen molar-refractivity contribution in [1.82, 2.24) is 9.99 Å². The van der Waals surface area contributed by atoms with Crippen molar-refractivity contribution in [2.75, 3.05) is 5.32 Å². The highest BCUT2D eigenvalue weighted by molar-refractivity contribution is 6.57. The maximum absolute atomic E-state index is 12.1. The van der Waals surface area contributed by atoms with Gasteiger partial charge < -0.3 is 15.0 Å². The van der Waals surface area contributed by atoms with Crippen LogP contribution in [0.3, 0.4) is 0 Å². The van der Waals surface area contributed by atoms with Crippen molar-refractivity contribution < 1.29 is 19.5 Å². The van der Waals surface area contributed by atoms with Crippen LogP contribution in [0.4, 0.5) is 5.69 Å². The highest BCUT2D eigenvalue weighted by Gasteiger charge is 2.31. The minimum atomic E-state index is -1.25. The van der Waals surface area contributed by atoms with Gasteiger partial charge in [-0.3, -0.25) is 14.4 Å². The second-order valence-electron chi connectivity index (χ2n) is 5.77. The number of rotatable bonds is 4. The van der Waals surface area contributed by atoms with Crippen LogP contribution in [0.5, 0.6) is 0 Å². The largest absolute Gasteiger partial charge is 0.478 e. The first kappa shape index (κ1) is 18.3. The molecule has 0 saturated heterocycles. The van der Waals surface area contributed by atoms with E-state index < -0.39 is 17.8 Å². The first-order valence-electron chi connectivity index (χ1n) is 7.67. The fourth-order valence-electron chi connectivity index (χ4n) is 2.58. The molecule has 138 valence electrons. The summed E-state index contributed by atoms with van der Waals surface area (Å²) in [7, 11) is 1.56. The molecule has 3 rings (SSSR count). The number of halogens is 1. The first-order chi connectivity index (χ1) is 12.8. The Balaban J connectivity index is 1.84. The maximum Gasteiger partial charge on any atom is 0.337 e. The number of aryl methyl sites for hydroxylation is 1. The Morgan fingerprint density at radius 2 is 2.00 bits per heavy atom. The summed E-state index contributed by atoms with van der Waals surface area (Å²) in [5, 5.41) is 15.3. The van der Waals surface area contributed by atoms with E-state index >= 15 is 0 Å². The molecule has 1 aliphatic rings. The lowest BCUT2D eigenvalue weighted by molar-refractivity contribution is -0.120. The fourth-order valence-corrected chi connectivity index (χ4v) is 2.91. The average Bonchev–Trinajstić information content (AvgIpc) is 2.92. The number of aromatic carboxylic acids is 1. The van der Waals surface area contributed by atoms with Crippen molar-refractivity contribution in [2.24, 2.45) is 12.1 Å². The van der Waals surface area contributed by atoms with Gasteiger partial charge in [0.05, 0.1) is 28.3 Å². The number of benzene rings is 1. The van der Waals surface area contributed by atoms with Gasteiger partial charge in [-0.15, -0.1) is 0 Å². The molecule has 0 atom stereocenters. The van der Waals surface area contributed by atoms with Crippen molar-refractivity contribution in [3.63, 3.8) is 0 Å². The van der Waals surface area contributed by atoms with Gasteiger partial charge >= 0.3 is 5.97 Å². The summed E-state index contributed by atoms with van der Waals surface area (Å²) in [6.07, 6.45) is 1.45. The number of hydrogen-bond acceptors (Lipinski definition) is 5. The third-order valence-electron chi connectivity index (χ3n) is 3.88. The molecule has 0 radical (unpaired) electrons. The Labute approximate surface area is 157 Å². The number of carboxylic acid groups (broad SMARTS) is 1. The van der Waals surface area contributed by atoms with Crippen molar-refractivity contribution in [1.29, 1.82) is 0 Å². The Kier molecular flexibility index (Phi) is 4.78. The fraction of sp³-hybridized carbons (Fsp3) is 0.118. The minimum Gasteiger partial charge on any atom is -0.478 e. The molecule has 1 aromatic heterocycles. The van der Waals surface area contributed by atoms with E-state index in [9.17, 15) is 19.2 Å². The summed E-state index contributed by atoms with van der Waals surface area (Å²) in [6.45, 7) is 0. The standard InChI is InChI=1S/C17H13ClN4O5/c1-22-7-8(2-5-12(22)24)6-11(23)20-21-15-13-10(19-16(15)25)4-3-9(14(13)18)17(26)27/h2-5,7H,6H2,1H3,(H,20,23)(H,26,27)(H,19,21,25). The Morgan fingerprint density at radius 3 is 2.67 bits per heavy atom. The lowest BCUT2D eigenvalue weighted by Crippen LogP contribution is -2.25. The zero-order valence-corrected chi connectivity index (χ0v) is 14.7. The summed E-state index contributed by atoms with van der Waals surface area (Å²) in [4.78, 5) is 46.7. The SMILES string of the molecule is Cn1cc(CC(=O)NN=C2C(=O)Nc3ccc(C(=O)O)c(Cl)c32)ccc1=O. The molecular formula is C17H13ClN4O5. The molecule has 0 saturated carbocycles. The van der Waals surface area contributed by atoms with Gasteiger partial charge in [0.15, 0.2) is 5.71 Å². The molecule has 2 aromatic rings. The molecule has 1 aliphatic heterocycles. The minimum absolute atomic E-state index is 0.0672. The number of nitrogens with zero attached hydrogens (tertiary/aromatic N) is 2. The number of carbonyl (C=O) groups excluding carboxylic acids is 2. The molecule has 2 heterocycles. The van der Waals surface area contributed by atoms with E-state index in [2.05, 4.69) is 15.8 Å². The van der Waals surface area contributed by atoms with E-state index in [1.807, 2.05) is 0 Å². The third-order valence-corrected chi connectivity index (χ3v) is 4.27. The van der Waals surface area contributed by atoms with Crippen molar-refractivity contribution >= 4 is 40.8 Å². The molecule has 27 heavy (non-hydrogen) atoms. The van der Waals surface area contributed by atoms with Crippen LogP contribution in [0, 0.1) is 0 Å². The first-order valence-corrected chi connectivity index (χ1v) is 8.05. The van der Waals surface area contributed by atoms with Crippen LogP contribution in [0.1, 0.15) is 21.5 Å². The molecule has 0 aliphatic carbocycles. The lowest BCUT2D eigenvalue weighted by Gasteiger charge is -2.06. The smallest absolute Gasteiger partial charge is 0.337 e. The normalized spacial score (nSPS) is 14.0. The quantitative estimate of drug-likeness (QED) is 0.665. The van der Waals surface area contributed by atoms with Gasteiger partial charge in [-0.25, -0.2) is 10.2 Å². The van der Waals surface area contributed by atoms with Gasteiger partial charge in [-0.05, 0) is 17.7 Å². The molecule has 0 unspecified atom stereocenters. The predicted octanol–water partition coefficient (Wildman–Crippen LogP) is 0.752. The zero-order valence-electron chi connectivity index (χ0n) is 13.9. The van der Waals surface area contributed by atoms with E-state index in [4.69, 9.17) is 16.7 Å². The molecule has 10 heteroatoms. The number of fused-ring (bicyclic) bond motifs is 1. The van der Waals surface area contributed by atoms with E-state index in [1.165, 1.54) is 35.0 Å². The topological polar surface area (TPSA) is 130 Å². The number of carbonyl (C=O) groups is 3. The van der Waals surface area contributed by atoms with E-state index in [-0.39, 0.29) is 33.8 Å². The highest BCUT2D eigenvalue weighted by atomic mass is 35.5. The Bertz CT molecular complexity index is 1070. The molecule has 3 N–H and O–H groups in total. The van der Waals surface area contributed by atoms with Crippen molar-refractivity contribution in [3.8, 4) is 0 Å². The van der Waals surface area contributed by atoms with Gasteiger partial charge in [0.25, 0.3) is 5.91 Å². The average molecular weight is 389 g/mol. The summed E-state index contributed by atoms with van der Waals surface area (Å²) in [5.41, 5.74) is 2.67. The van der Waals surface area contributed by atoms with Gasteiger partial charge in [0, 0.05) is 19.3 Å². The number of aromatic nitrogens is 1. The molecular weight excluding hydrogens is 376 g/mol. The summed E-state index contributed by atoms with van der Waals surface area (Å²) >= 11 is 6.09. The van der Waals surface area contributed by atoms with Gasteiger partial charge in [0.1, 0.15) is 0 Å². The van der Waals surface area contributed by atoms with E-state index in [0.29, 0.717) is 11.3 Å². The van der Waals surface area contributed by atoms with E-state index in [1.54, 1.807) is 7.05 Å². The van der Waals surface area contributed by atoms with Crippen LogP contribution in [0.15, 0.2) is 40.4 Å². The number of hydrogen-bond donors (Lipinski definition) is 3. The van der Waals surface area contributed by atoms with E-state index in [0.717, 1.165) is 0 Å². The molecule has 9 nitrogen and oxygen atoms in total. The van der Waals surface area contributed by atoms with Crippen LogP contribution in [-0.4, -0.2) is 33.2 Å². The number of hydrazone groups is 1. The summed E-state index contributed by atoms with van der Waals surface area (Å²) in [6, 6.07) is 5.52. The number of anilines is 1. The molecule has 0 spiro atoms. The van der Waals surface area contributed by atoms with Crippen LogP contribution in [-0.2, 0) is 23.1 Å². The number of carboxylic acids is 1. The lowest BCUT2D eigenvalue weighted by atomic mass is 10.1. The van der Waals surface area contributed by atoms with Gasteiger partial charge in [0.2, 0.25) is 11.5 Å². The maximum atomic E-state index is 12.1. The van der Waals surface area contributed by atoms with Crippen LogP contribution in [0.25, 0.3) is 0 Å². The van der Waals surface area contributed by atoms with Gasteiger partial charge in [-0.2, -0.15) is 5.10 Å². The molecule has 0 bridgehead atoms. The Hall–Kier alpha value is -3.46. The van der Waals surface area contributed by atoms with Crippen LogP contribution in [0.2, 0.25) is 5.02 Å². The van der Waals surface area contributed by atoms with Crippen molar-refractivity contribution in [3.05, 3.63) is 62.5 Å². The predicted molar refractivity (Wildman–Crippen MR) is 97.1 cm³/mol. The second-order valence-corrected chi connectivity index (χ2v) is 6.15. The molecule has 0 fully saturated rings.